The minimum absolute atomic E-state index is 0.0913. The average molecular weight is 628 g/mol. The van der Waals surface area contributed by atoms with Crippen LogP contribution in [-0.4, -0.2) is 61.4 Å². The third kappa shape index (κ3) is 9.77. The lowest BCUT2D eigenvalue weighted by Crippen LogP contribution is -2.62. The number of ether oxygens (including phenoxy) is 6. The molecule has 4 aromatic rings. The van der Waals surface area contributed by atoms with Gasteiger partial charge in [0.1, 0.15) is 24.9 Å². The Labute approximate surface area is 267 Å². The van der Waals surface area contributed by atoms with Crippen molar-refractivity contribution in [2.24, 2.45) is 0 Å². The van der Waals surface area contributed by atoms with Crippen molar-refractivity contribution >= 4 is 5.97 Å². The zero-order chi connectivity index (χ0) is 32.0. The van der Waals surface area contributed by atoms with Gasteiger partial charge in [0.05, 0.1) is 32.0 Å². The van der Waals surface area contributed by atoms with E-state index in [9.17, 15) is 14.9 Å². The lowest BCUT2D eigenvalue weighted by molar-refractivity contribution is -0.486. The van der Waals surface area contributed by atoms with Gasteiger partial charge in [-0.15, -0.1) is 0 Å². The lowest BCUT2D eigenvalue weighted by Gasteiger charge is -2.45. The first-order valence-electron chi connectivity index (χ1n) is 15.1. The number of nitrogens with zero attached hydrogens (tertiary/aromatic N) is 1. The molecule has 5 atom stereocenters. The molecular formula is C36H37NO9. The minimum Gasteiger partial charge on any atom is -0.450 e. The van der Waals surface area contributed by atoms with E-state index in [2.05, 4.69) is 0 Å². The monoisotopic (exact) mass is 627 g/mol. The van der Waals surface area contributed by atoms with Gasteiger partial charge in [0.15, 0.2) is 12.4 Å². The molecule has 240 valence electrons. The summed E-state index contributed by atoms with van der Waals surface area (Å²) in [7, 11) is 0. The Balaban J connectivity index is 1.45. The predicted molar refractivity (Wildman–Crippen MR) is 168 cm³/mol. The summed E-state index contributed by atoms with van der Waals surface area (Å²) in [6.07, 6.45) is -4.73. The summed E-state index contributed by atoms with van der Waals surface area (Å²) in [6.45, 7) is 0.0825. The second-order valence-electron chi connectivity index (χ2n) is 10.7. The van der Waals surface area contributed by atoms with Crippen LogP contribution in [0.1, 0.15) is 27.0 Å². The van der Waals surface area contributed by atoms with Crippen molar-refractivity contribution in [2.75, 3.05) is 19.8 Å². The van der Waals surface area contributed by atoms with Gasteiger partial charge < -0.3 is 28.4 Å². The Bertz CT molecular complexity index is 1470. The van der Waals surface area contributed by atoms with E-state index in [1.165, 1.54) is 0 Å². The molecule has 1 heterocycles. The quantitative estimate of drug-likeness (QED) is 0.0887. The molecule has 1 aliphatic heterocycles. The van der Waals surface area contributed by atoms with Crippen LogP contribution in [0, 0.1) is 10.1 Å². The Kier molecular flexibility index (Phi) is 12.4. The van der Waals surface area contributed by atoms with Gasteiger partial charge in [-0.1, -0.05) is 109 Å². The lowest BCUT2D eigenvalue weighted by atomic mass is 9.97. The van der Waals surface area contributed by atoms with E-state index >= 15 is 0 Å². The molecule has 46 heavy (non-hydrogen) atoms. The van der Waals surface area contributed by atoms with Crippen LogP contribution in [0.3, 0.4) is 0 Å². The molecule has 3 unspecified atom stereocenters. The van der Waals surface area contributed by atoms with Crippen molar-refractivity contribution in [3.05, 3.63) is 154 Å². The van der Waals surface area contributed by atoms with Crippen LogP contribution in [0.5, 0.6) is 0 Å². The zero-order valence-corrected chi connectivity index (χ0v) is 25.3. The van der Waals surface area contributed by atoms with E-state index < -0.39 is 48.1 Å². The molecule has 1 aliphatic rings. The molecule has 1 fully saturated rings. The van der Waals surface area contributed by atoms with Crippen LogP contribution in [0.4, 0.5) is 0 Å². The highest BCUT2D eigenvalue weighted by Gasteiger charge is 2.50. The molecule has 0 spiro atoms. The molecule has 5 rings (SSSR count). The molecular weight excluding hydrogens is 590 g/mol. The molecule has 0 aliphatic carbocycles. The number of nitro groups is 1. The fourth-order valence-electron chi connectivity index (χ4n) is 5.07. The molecule has 0 amide bonds. The van der Waals surface area contributed by atoms with Gasteiger partial charge in [-0.2, -0.15) is 0 Å². The van der Waals surface area contributed by atoms with Crippen LogP contribution in [0.25, 0.3) is 0 Å². The van der Waals surface area contributed by atoms with Crippen molar-refractivity contribution in [3.8, 4) is 0 Å². The number of hydrogen-bond acceptors (Lipinski definition) is 9. The molecule has 1 saturated heterocycles. The maximum Gasteiger partial charge on any atom is 0.338 e. The number of carbonyl (C=O) groups excluding carboxylic acids is 1. The van der Waals surface area contributed by atoms with E-state index in [1.807, 2.05) is 91.0 Å². The van der Waals surface area contributed by atoms with Crippen molar-refractivity contribution in [2.45, 2.75) is 50.5 Å². The number of esters is 1. The Morgan fingerprint density at radius 1 is 0.652 bits per heavy atom. The summed E-state index contributed by atoms with van der Waals surface area (Å²) in [4.78, 5) is 24.1. The number of benzene rings is 4. The number of carbonyl (C=O) groups is 1. The van der Waals surface area contributed by atoms with E-state index in [1.54, 1.807) is 30.3 Å². The van der Waals surface area contributed by atoms with Gasteiger partial charge in [0.2, 0.25) is 6.54 Å². The topological polar surface area (TPSA) is 116 Å². The first-order chi connectivity index (χ1) is 22.6. The van der Waals surface area contributed by atoms with Crippen LogP contribution in [0.15, 0.2) is 121 Å². The smallest absolute Gasteiger partial charge is 0.338 e. The van der Waals surface area contributed by atoms with Gasteiger partial charge in [-0.25, -0.2) is 4.79 Å². The van der Waals surface area contributed by atoms with Crippen LogP contribution in [0.2, 0.25) is 0 Å². The van der Waals surface area contributed by atoms with E-state index in [0.29, 0.717) is 12.2 Å². The molecule has 4 aromatic carbocycles. The van der Waals surface area contributed by atoms with Gasteiger partial charge >= 0.3 is 5.97 Å². The van der Waals surface area contributed by atoms with E-state index in [0.717, 1.165) is 16.7 Å². The summed E-state index contributed by atoms with van der Waals surface area (Å²) in [5.41, 5.74) is 3.12. The Hall–Kier alpha value is -4.45. The van der Waals surface area contributed by atoms with E-state index in [-0.39, 0.29) is 26.4 Å². The minimum atomic E-state index is -1.20. The fourth-order valence-corrected chi connectivity index (χ4v) is 5.07. The molecule has 0 bridgehead atoms. The van der Waals surface area contributed by atoms with Gasteiger partial charge in [0, 0.05) is 4.92 Å². The molecule has 0 N–H and O–H groups in total. The molecule has 0 aromatic heterocycles. The van der Waals surface area contributed by atoms with Crippen LogP contribution < -0.4 is 0 Å². The van der Waals surface area contributed by atoms with E-state index in [4.69, 9.17) is 28.4 Å². The molecule has 10 nitrogen and oxygen atoms in total. The summed E-state index contributed by atoms with van der Waals surface area (Å²) >= 11 is 0. The van der Waals surface area contributed by atoms with Crippen LogP contribution in [-0.2, 0) is 48.2 Å². The van der Waals surface area contributed by atoms with Crippen molar-refractivity contribution in [1.82, 2.24) is 0 Å². The molecule has 0 radical (unpaired) electrons. The molecule has 0 saturated carbocycles. The first kappa shape index (κ1) is 32.9. The Morgan fingerprint density at radius 3 is 1.70 bits per heavy atom. The molecule has 10 heteroatoms. The van der Waals surface area contributed by atoms with Crippen molar-refractivity contribution in [1.29, 1.82) is 0 Å². The summed E-state index contributed by atoms with van der Waals surface area (Å²) in [5.74, 6) is -0.619. The maximum absolute atomic E-state index is 13.4. The Morgan fingerprint density at radius 2 is 1.15 bits per heavy atom. The summed E-state index contributed by atoms with van der Waals surface area (Å²) < 4.78 is 37.5. The predicted octanol–water partition coefficient (Wildman–Crippen LogP) is 5.62. The number of hydrogen-bond donors (Lipinski definition) is 0. The first-order valence-corrected chi connectivity index (χ1v) is 15.1. The second kappa shape index (κ2) is 17.3. The van der Waals surface area contributed by atoms with Crippen molar-refractivity contribution in [3.63, 3.8) is 0 Å². The largest absolute Gasteiger partial charge is 0.450 e. The normalized spacial score (nSPS) is 21.0. The standard InChI is InChI=1S/C36H37NO9/c38-35(30-19-11-4-12-20-30)46-34-33(44-25-29-17-9-3-10-18-29)32(43-24-28-15-7-2-8-16-28)31(45-36(34)42-22-21-37(39)40)26-41-23-27-13-5-1-6-14-27/h1-20,31-34,36H,21-26H2/t31?,32-,33?,34?,36-/m1/s1. The zero-order valence-electron chi connectivity index (χ0n) is 25.3. The SMILES string of the molecule is O=C(OC1C(OCc2ccccc2)[C@H](OCc2ccccc2)C(COCc2ccccc2)O[C@H]1OCC[N+](=O)[O-])c1ccccc1. The highest BCUT2D eigenvalue weighted by molar-refractivity contribution is 5.89. The third-order valence-electron chi connectivity index (χ3n) is 7.36. The highest BCUT2D eigenvalue weighted by Crippen LogP contribution is 2.31. The van der Waals surface area contributed by atoms with Gasteiger partial charge in [0.25, 0.3) is 0 Å². The van der Waals surface area contributed by atoms with Gasteiger partial charge in [-0.05, 0) is 28.8 Å². The van der Waals surface area contributed by atoms with Crippen molar-refractivity contribution < 1.29 is 38.1 Å². The van der Waals surface area contributed by atoms with Gasteiger partial charge in [-0.3, -0.25) is 10.1 Å². The second-order valence-corrected chi connectivity index (χ2v) is 10.7. The fraction of sp³-hybridized carbons (Fsp3) is 0.306. The summed E-state index contributed by atoms with van der Waals surface area (Å²) in [5, 5.41) is 11.2. The third-order valence-corrected chi connectivity index (χ3v) is 7.36. The average Bonchev–Trinajstić information content (AvgIpc) is 3.09. The number of rotatable bonds is 16. The van der Waals surface area contributed by atoms with Crippen LogP contribution >= 0.6 is 0 Å². The summed E-state index contributed by atoms with van der Waals surface area (Å²) in [6, 6.07) is 37.5. The maximum atomic E-state index is 13.4. The highest BCUT2D eigenvalue weighted by atomic mass is 16.7.